The fourth-order valence-corrected chi connectivity index (χ4v) is 0.834. The van der Waals surface area contributed by atoms with E-state index in [1.54, 1.807) is 0 Å². The summed E-state index contributed by atoms with van der Waals surface area (Å²) in [5, 5.41) is 0. The Labute approximate surface area is 48.8 Å². The van der Waals surface area contributed by atoms with Crippen LogP contribution in [0.15, 0.2) is 0 Å². The van der Waals surface area contributed by atoms with E-state index in [0.717, 1.165) is 25.9 Å². The van der Waals surface area contributed by atoms with Crippen LogP contribution in [-0.2, 0) is 9.53 Å². The van der Waals surface area contributed by atoms with Gasteiger partial charge in [0.15, 0.2) is 0 Å². The quantitative estimate of drug-likeness (QED) is 0.499. The number of carbonyl (C=O) groups excluding carboxylic acids is 1. The maximum absolute atomic E-state index is 9.91. The molecule has 0 aliphatic carbocycles. The zero-order chi connectivity index (χ0) is 5.82. The molecule has 1 aliphatic heterocycles. The van der Waals surface area contributed by atoms with Gasteiger partial charge in [0.05, 0.1) is 0 Å². The van der Waals surface area contributed by atoms with Gasteiger partial charge in [-0.15, -0.1) is 0 Å². The van der Waals surface area contributed by atoms with E-state index in [-0.39, 0.29) is 6.10 Å². The first-order valence-electron chi connectivity index (χ1n) is 2.93. The summed E-state index contributed by atoms with van der Waals surface area (Å²) in [5.41, 5.74) is 0. The van der Waals surface area contributed by atoms with Crippen LogP contribution < -0.4 is 0 Å². The van der Waals surface area contributed by atoms with Crippen molar-refractivity contribution in [1.29, 1.82) is 0 Å². The molecule has 0 N–H and O–H groups in total. The summed E-state index contributed by atoms with van der Waals surface area (Å²) >= 11 is 0. The van der Waals surface area contributed by atoms with Gasteiger partial charge in [-0.25, -0.2) is 0 Å². The fraction of sp³-hybridized carbons (Fsp3) is 0.833. The van der Waals surface area contributed by atoms with E-state index in [1.165, 1.54) is 0 Å². The largest absolute Gasteiger partial charge is 0.370 e. The van der Waals surface area contributed by atoms with E-state index < -0.39 is 0 Å². The Morgan fingerprint density at radius 2 is 2.38 bits per heavy atom. The molecule has 0 bridgehead atoms. The lowest BCUT2D eigenvalue weighted by molar-refractivity contribution is 0.0570. The molecular weight excluding hydrogens is 104 g/mol. The van der Waals surface area contributed by atoms with Crippen LogP contribution in [-0.4, -0.2) is 19.0 Å². The van der Waals surface area contributed by atoms with Crippen LogP contribution in [0.1, 0.15) is 19.3 Å². The van der Waals surface area contributed by atoms with E-state index >= 15 is 0 Å². The van der Waals surface area contributed by atoms with Gasteiger partial charge in [0.25, 0.3) is 0 Å². The molecule has 0 spiro atoms. The topological polar surface area (TPSA) is 26.3 Å². The molecule has 1 radical (unpaired) electrons. The molecule has 1 fully saturated rings. The minimum Gasteiger partial charge on any atom is -0.370 e. The van der Waals surface area contributed by atoms with Crippen molar-refractivity contribution in [3.8, 4) is 0 Å². The average Bonchev–Trinajstić information content (AvgIpc) is 1.90. The molecule has 2 nitrogen and oxygen atoms in total. The molecule has 1 saturated heterocycles. The Morgan fingerprint density at radius 3 is 2.75 bits per heavy atom. The normalized spacial score (nSPS) is 29.8. The highest BCUT2D eigenvalue weighted by molar-refractivity contribution is 5.56. The lowest BCUT2D eigenvalue weighted by Crippen LogP contribution is -2.19. The fourth-order valence-electron chi connectivity index (χ4n) is 0.834. The van der Waals surface area contributed by atoms with Crippen LogP contribution in [0.25, 0.3) is 0 Å². The van der Waals surface area contributed by atoms with Gasteiger partial charge in [-0.2, -0.15) is 0 Å². The van der Waals surface area contributed by atoms with E-state index in [0.29, 0.717) is 0 Å². The molecule has 0 aromatic heterocycles. The first-order valence-corrected chi connectivity index (χ1v) is 2.93. The van der Waals surface area contributed by atoms with Crippen LogP contribution in [0.4, 0.5) is 0 Å². The maximum Gasteiger partial charge on any atom is 0.229 e. The second-order valence-corrected chi connectivity index (χ2v) is 1.97. The number of rotatable bonds is 1. The van der Waals surface area contributed by atoms with E-state index in [4.69, 9.17) is 4.74 Å². The predicted molar refractivity (Wildman–Crippen MR) is 29.3 cm³/mol. The number of ether oxygens (including phenoxy) is 1. The minimum absolute atomic E-state index is 0.219. The van der Waals surface area contributed by atoms with Gasteiger partial charge in [-0.05, 0) is 19.3 Å². The van der Waals surface area contributed by atoms with Crippen LogP contribution in [0, 0.1) is 0 Å². The molecule has 1 unspecified atom stereocenters. The molecule has 1 atom stereocenters. The van der Waals surface area contributed by atoms with Crippen LogP contribution in [0.2, 0.25) is 0 Å². The van der Waals surface area contributed by atoms with Crippen molar-refractivity contribution in [2.24, 2.45) is 0 Å². The van der Waals surface area contributed by atoms with Crippen molar-refractivity contribution in [2.45, 2.75) is 25.4 Å². The molecule has 8 heavy (non-hydrogen) atoms. The summed E-state index contributed by atoms with van der Waals surface area (Å²) in [6.45, 7) is 0.736. The lowest BCUT2D eigenvalue weighted by atomic mass is 10.1. The summed E-state index contributed by atoms with van der Waals surface area (Å²) in [5.74, 6) is 0. The third kappa shape index (κ3) is 1.30. The lowest BCUT2D eigenvalue weighted by Gasteiger charge is -2.15. The molecular formula is C6H9O2. The average molecular weight is 113 g/mol. The van der Waals surface area contributed by atoms with Crippen molar-refractivity contribution >= 4 is 6.29 Å². The second-order valence-electron chi connectivity index (χ2n) is 1.97. The molecule has 0 aromatic carbocycles. The Bertz CT molecular complexity index is 74.6. The van der Waals surface area contributed by atoms with E-state index in [2.05, 4.69) is 0 Å². The standard InChI is InChI=1S/C6H9O2/c7-5-6-3-1-2-4-8-6/h6H,1-4H2. The highest BCUT2D eigenvalue weighted by Gasteiger charge is 2.11. The van der Waals surface area contributed by atoms with E-state index in [9.17, 15) is 4.79 Å². The Kier molecular flexibility index (Phi) is 2.03. The first-order chi connectivity index (χ1) is 3.93. The second kappa shape index (κ2) is 2.82. The van der Waals surface area contributed by atoms with Gasteiger partial charge < -0.3 is 4.74 Å². The SMILES string of the molecule is O=[C]C1CCCCO1. The third-order valence-corrected chi connectivity index (χ3v) is 1.31. The van der Waals surface area contributed by atoms with Gasteiger partial charge in [0, 0.05) is 6.61 Å². The Morgan fingerprint density at radius 1 is 1.50 bits per heavy atom. The minimum atomic E-state index is -0.219. The summed E-state index contributed by atoms with van der Waals surface area (Å²) in [4.78, 5) is 9.91. The summed E-state index contributed by atoms with van der Waals surface area (Å²) in [7, 11) is 0. The zero-order valence-corrected chi connectivity index (χ0v) is 4.72. The highest BCUT2D eigenvalue weighted by Crippen LogP contribution is 2.09. The smallest absolute Gasteiger partial charge is 0.229 e. The molecule has 1 heterocycles. The molecule has 0 aromatic rings. The summed E-state index contributed by atoms with van der Waals surface area (Å²) in [6, 6.07) is 0. The molecule has 1 rings (SSSR count). The monoisotopic (exact) mass is 113 g/mol. The van der Waals surface area contributed by atoms with Crippen molar-refractivity contribution in [2.75, 3.05) is 6.61 Å². The van der Waals surface area contributed by atoms with E-state index in [1.807, 2.05) is 6.29 Å². The Balaban J connectivity index is 2.22. The van der Waals surface area contributed by atoms with Crippen molar-refractivity contribution in [3.63, 3.8) is 0 Å². The molecule has 0 amide bonds. The molecule has 45 valence electrons. The number of hydrogen-bond donors (Lipinski definition) is 0. The van der Waals surface area contributed by atoms with Crippen molar-refractivity contribution in [3.05, 3.63) is 0 Å². The van der Waals surface area contributed by atoms with Gasteiger partial charge in [-0.3, -0.25) is 4.79 Å². The molecule has 1 aliphatic rings. The summed E-state index contributed by atoms with van der Waals surface area (Å²) in [6.07, 6.45) is 4.68. The predicted octanol–water partition coefficient (Wildman–Crippen LogP) is 0.665. The van der Waals surface area contributed by atoms with Crippen LogP contribution >= 0.6 is 0 Å². The Hall–Kier alpha value is -0.370. The van der Waals surface area contributed by atoms with Gasteiger partial charge in [-0.1, -0.05) is 0 Å². The van der Waals surface area contributed by atoms with Gasteiger partial charge in [0.1, 0.15) is 6.10 Å². The van der Waals surface area contributed by atoms with Crippen LogP contribution in [0.5, 0.6) is 0 Å². The molecule has 0 saturated carbocycles. The maximum atomic E-state index is 9.91. The van der Waals surface area contributed by atoms with Gasteiger partial charge >= 0.3 is 0 Å². The number of hydrogen-bond acceptors (Lipinski definition) is 2. The van der Waals surface area contributed by atoms with Crippen molar-refractivity contribution < 1.29 is 9.53 Å². The first kappa shape index (κ1) is 5.76. The van der Waals surface area contributed by atoms with Gasteiger partial charge in [0.2, 0.25) is 6.29 Å². The highest BCUT2D eigenvalue weighted by atomic mass is 16.5. The summed E-state index contributed by atoms with van der Waals surface area (Å²) < 4.78 is 5.00. The van der Waals surface area contributed by atoms with Crippen molar-refractivity contribution in [1.82, 2.24) is 0 Å². The third-order valence-electron chi connectivity index (χ3n) is 1.31. The zero-order valence-electron chi connectivity index (χ0n) is 4.72. The molecule has 2 heteroatoms. The van der Waals surface area contributed by atoms with Crippen LogP contribution in [0.3, 0.4) is 0 Å².